The van der Waals surface area contributed by atoms with Crippen LogP contribution in [0.1, 0.15) is 43.0 Å². The maximum Gasteiger partial charge on any atom is 0.260 e. The number of aryl methyl sites for hydroxylation is 2. The number of carbonyl (C=O) groups is 1. The summed E-state index contributed by atoms with van der Waals surface area (Å²) < 4.78 is 11.1. The molecule has 0 spiro atoms. The first-order valence-electron chi connectivity index (χ1n) is 10.3. The molecular formula is C22H25N3O4S. The van der Waals surface area contributed by atoms with Crippen molar-refractivity contribution in [2.45, 2.75) is 45.4 Å². The quantitative estimate of drug-likeness (QED) is 0.625. The third-order valence-corrected chi connectivity index (χ3v) is 6.40. The van der Waals surface area contributed by atoms with Gasteiger partial charge in [0.25, 0.3) is 11.5 Å². The summed E-state index contributed by atoms with van der Waals surface area (Å²) in [6, 6.07) is 5.24. The molecule has 2 heterocycles. The molecule has 158 valence electrons. The highest BCUT2D eigenvalue weighted by Crippen LogP contribution is 2.35. The van der Waals surface area contributed by atoms with Crippen LogP contribution in [-0.2, 0) is 17.6 Å². The van der Waals surface area contributed by atoms with E-state index in [2.05, 4.69) is 4.98 Å². The van der Waals surface area contributed by atoms with Crippen LogP contribution < -0.4 is 20.8 Å². The van der Waals surface area contributed by atoms with Crippen LogP contribution in [-0.4, -0.2) is 29.1 Å². The maximum absolute atomic E-state index is 13.0. The van der Waals surface area contributed by atoms with Gasteiger partial charge in [0.05, 0.1) is 12.0 Å². The lowest BCUT2D eigenvalue weighted by molar-refractivity contribution is -0.119. The first-order chi connectivity index (χ1) is 14.6. The van der Waals surface area contributed by atoms with Crippen molar-refractivity contribution in [2.24, 2.45) is 5.73 Å². The van der Waals surface area contributed by atoms with E-state index in [0.29, 0.717) is 29.5 Å². The number of aromatic nitrogens is 2. The normalized spacial score (nSPS) is 14.0. The molecule has 4 rings (SSSR count). The number of hydrogen-bond acceptors (Lipinski definition) is 6. The molecule has 0 saturated heterocycles. The average Bonchev–Trinajstić information content (AvgIpc) is 3.04. The highest BCUT2D eigenvalue weighted by Gasteiger charge is 2.19. The number of rotatable bonds is 6. The van der Waals surface area contributed by atoms with Gasteiger partial charge in [0.2, 0.25) is 0 Å². The summed E-state index contributed by atoms with van der Waals surface area (Å²) in [5, 5.41) is 0.743. The van der Waals surface area contributed by atoms with Crippen LogP contribution in [0.2, 0.25) is 0 Å². The summed E-state index contributed by atoms with van der Waals surface area (Å²) in [5.41, 5.74) is 6.96. The fourth-order valence-corrected chi connectivity index (χ4v) is 5.11. The molecule has 1 aliphatic rings. The van der Waals surface area contributed by atoms with Gasteiger partial charge in [-0.05, 0) is 56.4 Å². The van der Waals surface area contributed by atoms with Gasteiger partial charge in [0, 0.05) is 10.4 Å². The van der Waals surface area contributed by atoms with Crippen LogP contribution in [0, 0.1) is 0 Å². The van der Waals surface area contributed by atoms with E-state index in [1.54, 1.807) is 29.5 Å². The van der Waals surface area contributed by atoms with Crippen molar-refractivity contribution in [3.05, 3.63) is 39.0 Å². The molecule has 7 nitrogen and oxygen atoms in total. The number of nitrogens with two attached hydrogens (primary N) is 1. The third-order valence-electron chi connectivity index (χ3n) is 5.21. The lowest BCUT2D eigenvalue weighted by Gasteiger charge is -2.12. The summed E-state index contributed by atoms with van der Waals surface area (Å²) in [7, 11) is 0. The Morgan fingerprint density at radius 1 is 1.17 bits per heavy atom. The Morgan fingerprint density at radius 3 is 2.73 bits per heavy atom. The molecule has 1 aromatic carbocycles. The summed E-state index contributed by atoms with van der Waals surface area (Å²) in [6.45, 7) is 2.05. The molecule has 2 aromatic heterocycles. The van der Waals surface area contributed by atoms with Gasteiger partial charge >= 0.3 is 0 Å². The van der Waals surface area contributed by atoms with Gasteiger partial charge in [0.1, 0.15) is 10.7 Å². The minimum Gasteiger partial charge on any atom is -0.490 e. The van der Waals surface area contributed by atoms with E-state index in [1.165, 1.54) is 23.3 Å². The Balaban J connectivity index is 1.74. The number of fused-ring (bicyclic) bond motifs is 3. The summed E-state index contributed by atoms with van der Waals surface area (Å²) in [5.74, 6) is 0.815. The number of H-pyrrole nitrogens is 1. The molecule has 3 N–H and O–H groups in total. The second-order valence-corrected chi connectivity index (χ2v) is 8.45. The molecule has 0 aliphatic heterocycles. The topological polar surface area (TPSA) is 107 Å². The zero-order valence-electron chi connectivity index (χ0n) is 17.0. The number of nitrogens with one attached hydrogen (secondary N) is 1. The fraction of sp³-hybridized carbons (Fsp3) is 0.409. The highest BCUT2D eigenvalue weighted by atomic mass is 32.1. The van der Waals surface area contributed by atoms with Crippen LogP contribution in [0.3, 0.4) is 0 Å². The molecule has 0 unspecified atom stereocenters. The van der Waals surface area contributed by atoms with Crippen LogP contribution in [0.15, 0.2) is 23.0 Å². The minimum atomic E-state index is -0.564. The predicted molar refractivity (Wildman–Crippen MR) is 117 cm³/mol. The van der Waals surface area contributed by atoms with Gasteiger partial charge < -0.3 is 20.2 Å². The zero-order chi connectivity index (χ0) is 21.1. The average molecular weight is 428 g/mol. The molecule has 0 fully saturated rings. The van der Waals surface area contributed by atoms with E-state index in [9.17, 15) is 9.59 Å². The summed E-state index contributed by atoms with van der Waals surface area (Å²) in [6.07, 6.45) is 6.70. The number of primary amides is 1. The van der Waals surface area contributed by atoms with Crippen LogP contribution >= 0.6 is 11.3 Å². The third kappa shape index (κ3) is 4.18. The Morgan fingerprint density at radius 2 is 1.97 bits per heavy atom. The number of thiophene rings is 1. The largest absolute Gasteiger partial charge is 0.490 e. The first-order valence-corrected chi connectivity index (χ1v) is 11.1. The minimum absolute atomic E-state index is 0.0971. The number of hydrogen-bond donors (Lipinski definition) is 2. The Kier molecular flexibility index (Phi) is 6.03. The predicted octanol–water partition coefficient (Wildman–Crippen LogP) is 3.57. The Bertz CT molecular complexity index is 1140. The fourth-order valence-electron chi connectivity index (χ4n) is 3.85. The summed E-state index contributed by atoms with van der Waals surface area (Å²) in [4.78, 5) is 33.8. The van der Waals surface area contributed by atoms with Crippen molar-refractivity contribution in [1.82, 2.24) is 9.97 Å². The second-order valence-electron chi connectivity index (χ2n) is 7.36. The van der Waals surface area contributed by atoms with Gasteiger partial charge in [-0.15, -0.1) is 11.3 Å². The number of aromatic amines is 1. The van der Waals surface area contributed by atoms with E-state index in [-0.39, 0.29) is 12.2 Å². The standard InChI is InChI=1S/C22H25N3O4S/c1-2-28-16-11-13(9-10-15(16)29-12-18(23)26)20-24-21(27)19-14-7-5-3-4-6-8-17(14)30-22(19)25-20/h9-11H,2-8,12H2,1H3,(H2,23,26)(H,24,25,27). The van der Waals surface area contributed by atoms with Crippen molar-refractivity contribution in [3.8, 4) is 22.9 Å². The van der Waals surface area contributed by atoms with Gasteiger partial charge in [-0.1, -0.05) is 12.8 Å². The van der Waals surface area contributed by atoms with Crippen LogP contribution in [0.4, 0.5) is 0 Å². The lowest BCUT2D eigenvalue weighted by Crippen LogP contribution is -2.20. The van der Waals surface area contributed by atoms with E-state index in [0.717, 1.165) is 35.9 Å². The number of carbonyl (C=O) groups excluding carboxylic acids is 1. The maximum atomic E-state index is 13.0. The molecule has 0 saturated carbocycles. The Hall–Kier alpha value is -2.87. The van der Waals surface area contributed by atoms with Crippen LogP contribution in [0.5, 0.6) is 11.5 Å². The van der Waals surface area contributed by atoms with Crippen molar-refractivity contribution in [1.29, 1.82) is 0 Å². The number of benzene rings is 1. The van der Waals surface area contributed by atoms with Gasteiger partial charge in [-0.3, -0.25) is 9.59 Å². The number of nitrogens with zero attached hydrogens (tertiary/aromatic N) is 1. The molecule has 8 heteroatoms. The molecule has 0 atom stereocenters. The molecule has 3 aromatic rings. The van der Waals surface area contributed by atoms with Crippen molar-refractivity contribution < 1.29 is 14.3 Å². The van der Waals surface area contributed by atoms with Crippen molar-refractivity contribution in [2.75, 3.05) is 13.2 Å². The molecule has 30 heavy (non-hydrogen) atoms. The van der Waals surface area contributed by atoms with Gasteiger partial charge in [0.15, 0.2) is 18.1 Å². The lowest BCUT2D eigenvalue weighted by atomic mass is 9.98. The molecule has 0 radical (unpaired) electrons. The molecular weight excluding hydrogens is 402 g/mol. The molecule has 1 amide bonds. The highest BCUT2D eigenvalue weighted by molar-refractivity contribution is 7.18. The number of amides is 1. The zero-order valence-corrected chi connectivity index (χ0v) is 17.8. The van der Waals surface area contributed by atoms with Gasteiger partial charge in [-0.2, -0.15) is 0 Å². The first kappa shape index (κ1) is 20.4. The van der Waals surface area contributed by atoms with E-state index in [4.69, 9.17) is 20.2 Å². The monoisotopic (exact) mass is 427 g/mol. The van der Waals surface area contributed by atoms with E-state index < -0.39 is 5.91 Å². The number of ether oxygens (including phenoxy) is 2. The van der Waals surface area contributed by atoms with Crippen molar-refractivity contribution in [3.63, 3.8) is 0 Å². The second kappa shape index (κ2) is 8.87. The van der Waals surface area contributed by atoms with Gasteiger partial charge in [-0.25, -0.2) is 4.98 Å². The molecule has 0 bridgehead atoms. The van der Waals surface area contributed by atoms with E-state index in [1.807, 2.05) is 6.92 Å². The summed E-state index contributed by atoms with van der Waals surface area (Å²) >= 11 is 1.64. The van der Waals surface area contributed by atoms with E-state index >= 15 is 0 Å². The smallest absolute Gasteiger partial charge is 0.260 e. The van der Waals surface area contributed by atoms with Crippen molar-refractivity contribution >= 4 is 27.5 Å². The van der Waals surface area contributed by atoms with Crippen LogP contribution in [0.25, 0.3) is 21.6 Å². The Labute approximate surface area is 178 Å². The SMILES string of the molecule is CCOc1cc(-c2nc3sc4c(c3c(=O)[nH]2)CCCCCC4)ccc1OCC(N)=O. The molecule has 1 aliphatic carbocycles.